The largest absolute Gasteiger partial charge is 0.392 e. The summed E-state index contributed by atoms with van der Waals surface area (Å²) in [6.45, 7) is -0.0523. The lowest BCUT2D eigenvalue weighted by Crippen LogP contribution is -2.15. The molecule has 4 nitrogen and oxygen atoms in total. The van der Waals surface area contributed by atoms with Gasteiger partial charge in [-0.05, 0) is 29.3 Å². The Labute approximate surface area is 126 Å². The smallest absolute Gasteiger partial charge is 0.236 e. The molecule has 0 heterocycles. The Morgan fingerprint density at radius 2 is 1.70 bits per heavy atom. The maximum atomic E-state index is 12.1. The first-order valence-corrected chi connectivity index (χ1v) is 8.38. The van der Waals surface area contributed by atoms with E-state index in [4.69, 9.17) is 5.11 Å². The molecule has 0 saturated carbocycles. The third kappa shape index (κ3) is 4.33. The highest BCUT2D eigenvalue weighted by Gasteiger charge is 2.11. The monoisotopic (exact) mass is 355 g/mol. The summed E-state index contributed by atoms with van der Waals surface area (Å²) >= 11 is 3.29. The van der Waals surface area contributed by atoms with Crippen LogP contribution in [0.1, 0.15) is 11.1 Å². The number of hydrogen-bond acceptors (Lipinski definition) is 3. The van der Waals surface area contributed by atoms with Gasteiger partial charge in [-0.15, -0.1) is 0 Å². The Hall–Kier alpha value is -1.37. The number of rotatable bonds is 5. The molecule has 0 aliphatic heterocycles. The van der Waals surface area contributed by atoms with Gasteiger partial charge in [-0.2, -0.15) is 0 Å². The predicted molar refractivity (Wildman–Crippen MR) is 82.8 cm³/mol. The maximum Gasteiger partial charge on any atom is 0.236 e. The van der Waals surface area contributed by atoms with Gasteiger partial charge in [-0.1, -0.05) is 46.3 Å². The van der Waals surface area contributed by atoms with Crippen LogP contribution in [0.25, 0.3) is 0 Å². The molecule has 0 fully saturated rings. The Balaban J connectivity index is 2.10. The first kappa shape index (κ1) is 15.0. The van der Waals surface area contributed by atoms with Crippen molar-refractivity contribution in [3.05, 3.63) is 64.1 Å². The van der Waals surface area contributed by atoms with Gasteiger partial charge >= 0.3 is 0 Å². The van der Waals surface area contributed by atoms with E-state index < -0.39 is 10.0 Å². The molecule has 0 bridgehead atoms. The third-order valence-electron chi connectivity index (χ3n) is 2.66. The van der Waals surface area contributed by atoms with E-state index in [0.29, 0.717) is 11.3 Å². The minimum Gasteiger partial charge on any atom is -0.392 e. The van der Waals surface area contributed by atoms with E-state index in [1.54, 1.807) is 42.5 Å². The van der Waals surface area contributed by atoms with Crippen molar-refractivity contribution in [2.24, 2.45) is 0 Å². The van der Waals surface area contributed by atoms with E-state index >= 15 is 0 Å². The van der Waals surface area contributed by atoms with Crippen molar-refractivity contribution in [3.8, 4) is 0 Å². The molecule has 20 heavy (non-hydrogen) atoms. The average Bonchev–Trinajstić information content (AvgIpc) is 2.38. The first-order chi connectivity index (χ1) is 9.48. The second-order valence-electron chi connectivity index (χ2n) is 4.35. The summed E-state index contributed by atoms with van der Waals surface area (Å²) in [5, 5.41) is 8.95. The lowest BCUT2D eigenvalue weighted by atomic mass is 10.2. The minimum atomic E-state index is -3.46. The number of halogens is 1. The van der Waals surface area contributed by atoms with Crippen molar-refractivity contribution in [3.63, 3.8) is 0 Å². The molecule has 2 N–H and O–H groups in total. The quantitative estimate of drug-likeness (QED) is 0.866. The van der Waals surface area contributed by atoms with E-state index in [9.17, 15) is 8.42 Å². The van der Waals surface area contributed by atoms with Crippen LogP contribution in [0.3, 0.4) is 0 Å². The molecule has 0 amide bonds. The van der Waals surface area contributed by atoms with Gasteiger partial charge in [-0.3, -0.25) is 4.72 Å². The molecule has 2 aromatic carbocycles. The van der Waals surface area contributed by atoms with Crippen molar-refractivity contribution in [2.75, 3.05) is 4.72 Å². The van der Waals surface area contributed by atoms with Crippen molar-refractivity contribution in [1.82, 2.24) is 0 Å². The Morgan fingerprint density at radius 1 is 1.05 bits per heavy atom. The zero-order chi connectivity index (χ0) is 14.6. The minimum absolute atomic E-state index is 0.0523. The predicted octanol–water partition coefficient (Wildman–Crippen LogP) is 2.88. The summed E-state index contributed by atoms with van der Waals surface area (Å²) in [5.41, 5.74) is 1.95. The van der Waals surface area contributed by atoms with Crippen molar-refractivity contribution in [2.45, 2.75) is 12.4 Å². The summed E-state index contributed by atoms with van der Waals surface area (Å²) in [6.07, 6.45) is 0. The first-order valence-electron chi connectivity index (χ1n) is 5.93. The number of hydrogen-bond donors (Lipinski definition) is 2. The molecule has 0 aliphatic carbocycles. The number of nitrogens with one attached hydrogen (secondary N) is 1. The highest BCUT2D eigenvalue weighted by molar-refractivity contribution is 9.10. The van der Waals surface area contributed by atoms with Gasteiger partial charge in [0.25, 0.3) is 0 Å². The van der Waals surface area contributed by atoms with Crippen molar-refractivity contribution < 1.29 is 13.5 Å². The van der Waals surface area contributed by atoms with Gasteiger partial charge < -0.3 is 5.11 Å². The summed E-state index contributed by atoms with van der Waals surface area (Å²) in [7, 11) is -3.46. The van der Waals surface area contributed by atoms with Crippen LogP contribution in [-0.4, -0.2) is 13.5 Å². The molecule has 0 saturated heterocycles. The molecular formula is C14H14BrNO3S. The van der Waals surface area contributed by atoms with Gasteiger partial charge in [0.05, 0.1) is 12.4 Å². The van der Waals surface area contributed by atoms with Crippen LogP contribution >= 0.6 is 15.9 Å². The molecule has 0 unspecified atom stereocenters. The van der Waals surface area contributed by atoms with E-state index in [1.165, 1.54) is 0 Å². The van der Waals surface area contributed by atoms with E-state index in [2.05, 4.69) is 20.7 Å². The fourth-order valence-electron chi connectivity index (χ4n) is 1.73. The zero-order valence-electron chi connectivity index (χ0n) is 10.6. The number of benzene rings is 2. The van der Waals surface area contributed by atoms with E-state index in [1.807, 2.05) is 6.07 Å². The highest BCUT2D eigenvalue weighted by atomic mass is 79.9. The molecule has 0 radical (unpaired) electrons. The Morgan fingerprint density at radius 3 is 2.30 bits per heavy atom. The van der Waals surface area contributed by atoms with Crippen LogP contribution < -0.4 is 4.72 Å². The van der Waals surface area contributed by atoms with Crippen LogP contribution in [0.5, 0.6) is 0 Å². The van der Waals surface area contributed by atoms with Crippen molar-refractivity contribution in [1.29, 1.82) is 0 Å². The van der Waals surface area contributed by atoms with Crippen LogP contribution in [0.15, 0.2) is 53.0 Å². The fraction of sp³-hybridized carbons (Fsp3) is 0.143. The summed E-state index contributed by atoms with van der Waals surface area (Å²) in [6, 6.07) is 13.8. The Kier molecular flexibility index (Phi) is 4.80. The van der Waals surface area contributed by atoms with Crippen LogP contribution in [0, 0.1) is 0 Å². The third-order valence-corrected chi connectivity index (χ3v) is 4.41. The molecule has 106 valence electrons. The zero-order valence-corrected chi connectivity index (χ0v) is 13.0. The van der Waals surface area contributed by atoms with E-state index in [-0.39, 0.29) is 12.4 Å². The molecule has 2 rings (SSSR count). The van der Waals surface area contributed by atoms with Crippen LogP contribution in [0.2, 0.25) is 0 Å². The molecule has 2 aromatic rings. The van der Waals surface area contributed by atoms with Gasteiger partial charge in [0.2, 0.25) is 10.0 Å². The lowest BCUT2D eigenvalue weighted by Gasteiger charge is -2.08. The maximum absolute atomic E-state index is 12.1. The van der Waals surface area contributed by atoms with E-state index in [0.717, 1.165) is 10.0 Å². The van der Waals surface area contributed by atoms with Crippen molar-refractivity contribution >= 4 is 31.6 Å². The molecule has 0 atom stereocenters. The number of aliphatic hydroxyl groups excluding tert-OH is 1. The van der Waals surface area contributed by atoms with Crippen LogP contribution in [-0.2, 0) is 22.4 Å². The normalized spacial score (nSPS) is 11.3. The van der Waals surface area contributed by atoms with Gasteiger partial charge in [0.1, 0.15) is 0 Å². The standard InChI is InChI=1S/C14H14BrNO3S/c15-13-2-1-3-14(8-13)16-20(18,19)10-12-6-4-11(9-17)5-7-12/h1-8,16-17H,9-10H2. The average molecular weight is 356 g/mol. The summed E-state index contributed by atoms with van der Waals surface area (Å²) in [4.78, 5) is 0. The summed E-state index contributed by atoms with van der Waals surface area (Å²) < 4.78 is 27.5. The second-order valence-corrected chi connectivity index (χ2v) is 6.98. The van der Waals surface area contributed by atoms with Gasteiger partial charge in [-0.25, -0.2) is 8.42 Å². The Bertz CT molecular complexity index is 684. The number of anilines is 1. The number of aliphatic hydroxyl groups is 1. The fourth-order valence-corrected chi connectivity index (χ4v) is 3.32. The van der Waals surface area contributed by atoms with Gasteiger partial charge in [0.15, 0.2) is 0 Å². The molecule has 6 heteroatoms. The molecular weight excluding hydrogens is 342 g/mol. The number of sulfonamides is 1. The summed E-state index contributed by atoms with van der Waals surface area (Å²) in [5.74, 6) is -0.106. The molecule has 0 aromatic heterocycles. The highest BCUT2D eigenvalue weighted by Crippen LogP contribution is 2.18. The lowest BCUT2D eigenvalue weighted by molar-refractivity contribution is 0.282. The van der Waals surface area contributed by atoms with Crippen LogP contribution in [0.4, 0.5) is 5.69 Å². The molecule has 0 spiro atoms. The van der Waals surface area contributed by atoms with Gasteiger partial charge in [0, 0.05) is 10.2 Å². The molecule has 0 aliphatic rings. The SMILES string of the molecule is O=S(=O)(Cc1ccc(CO)cc1)Nc1cccc(Br)c1. The second kappa shape index (κ2) is 6.39. The topological polar surface area (TPSA) is 66.4 Å².